The summed E-state index contributed by atoms with van der Waals surface area (Å²) in [5.41, 5.74) is 1.14. The van der Waals surface area contributed by atoms with Gasteiger partial charge in [-0.1, -0.05) is 22.9 Å². The normalized spacial score (nSPS) is 14.0. The third-order valence-electron chi connectivity index (χ3n) is 3.41. The van der Waals surface area contributed by atoms with Crippen LogP contribution in [0.2, 0.25) is 0 Å². The summed E-state index contributed by atoms with van der Waals surface area (Å²) in [5, 5.41) is 6.26. The van der Waals surface area contributed by atoms with Crippen molar-refractivity contribution in [2.24, 2.45) is 5.92 Å². The topological polar surface area (TPSA) is 50.4 Å². The minimum absolute atomic E-state index is 0.0459. The third-order valence-corrected chi connectivity index (χ3v) is 4.19. The Kier molecular flexibility index (Phi) is 6.51. The number of rotatable bonds is 9. The highest BCUT2D eigenvalue weighted by Gasteiger charge is 2.21. The van der Waals surface area contributed by atoms with Gasteiger partial charge in [-0.15, -0.1) is 0 Å². The van der Waals surface area contributed by atoms with Crippen LogP contribution >= 0.6 is 15.9 Å². The second kappa shape index (κ2) is 8.39. The molecule has 116 valence electrons. The minimum Gasteiger partial charge on any atom is -0.484 e. The van der Waals surface area contributed by atoms with Crippen LogP contribution in [0.1, 0.15) is 31.7 Å². The summed E-state index contributed by atoms with van der Waals surface area (Å²) in [4.78, 5) is 11.7. The van der Waals surface area contributed by atoms with E-state index in [1.54, 1.807) is 0 Å². The monoisotopic (exact) mass is 354 g/mol. The molecule has 1 aromatic rings. The average Bonchev–Trinajstić information content (AvgIpc) is 3.30. The number of amides is 1. The van der Waals surface area contributed by atoms with Crippen molar-refractivity contribution >= 4 is 21.8 Å². The Morgan fingerprint density at radius 3 is 2.95 bits per heavy atom. The summed E-state index contributed by atoms with van der Waals surface area (Å²) in [6.07, 6.45) is 3.58. The fraction of sp³-hybridized carbons (Fsp3) is 0.562. The molecule has 0 heterocycles. The zero-order valence-corrected chi connectivity index (χ0v) is 14.0. The first-order valence-corrected chi connectivity index (χ1v) is 8.37. The van der Waals surface area contributed by atoms with Crippen molar-refractivity contribution in [1.29, 1.82) is 0 Å². The highest BCUT2D eigenvalue weighted by Crippen LogP contribution is 2.27. The summed E-state index contributed by atoms with van der Waals surface area (Å²) >= 11 is 3.54. The molecule has 0 unspecified atom stereocenters. The zero-order valence-electron chi connectivity index (χ0n) is 12.5. The number of hydrogen-bond acceptors (Lipinski definition) is 3. The van der Waals surface area contributed by atoms with Crippen molar-refractivity contribution in [2.45, 2.75) is 32.7 Å². The first-order valence-electron chi connectivity index (χ1n) is 7.57. The Hall–Kier alpha value is -1.07. The lowest BCUT2D eigenvalue weighted by Gasteiger charge is -2.10. The lowest BCUT2D eigenvalue weighted by atomic mass is 10.2. The summed E-state index contributed by atoms with van der Waals surface area (Å²) in [6.45, 7) is 4.79. The molecular formula is C16H23BrN2O2. The number of hydrogen-bond donors (Lipinski definition) is 2. The molecule has 1 aromatic carbocycles. The maximum Gasteiger partial charge on any atom is 0.257 e. The van der Waals surface area contributed by atoms with Crippen LogP contribution in [0.4, 0.5) is 0 Å². The summed E-state index contributed by atoms with van der Waals surface area (Å²) in [5.74, 6) is 1.38. The number of nitrogens with one attached hydrogen (secondary N) is 2. The molecule has 1 aliphatic rings. The van der Waals surface area contributed by atoms with Crippen LogP contribution in [0.5, 0.6) is 5.75 Å². The average molecular weight is 355 g/mol. The maximum absolute atomic E-state index is 11.7. The summed E-state index contributed by atoms with van der Waals surface area (Å²) in [6, 6.07) is 5.81. The highest BCUT2D eigenvalue weighted by atomic mass is 79.9. The predicted molar refractivity (Wildman–Crippen MR) is 87.4 cm³/mol. The quantitative estimate of drug-likeness (QED) is 0.670. The highest BCUT2D eigenvalue weighted by molar-refractivity contribution is 9.10. The van der Waals surface area contributed by atoms with Gasteiger partial charge in [0.15, 0.2) is 6.61 Å². The first-order chi connectivity index (χ1) is 10.2. The Morgan fingerprint density at radius 2 is 2.24 bits per heavy atom. The molecule has 2 rings (SSSR count). The Balaban J connectivity index is 1.78. The summed E-state index contributed by atoms with van der Waals surface area (Å²) in [7, 11) is 0. The van der Waals surface area contributed by atoms with Gasteiger partial charge in [0.1, 0.15) is 5.75 Å². The van der Waals surface area contributed by atoms with Gasteiger partial charge >= 0.3 is 0 Å². The lowest BCUT2D eigenvalue weighted by molar-refractivity contribution is -0.123. The van der Waals surface area contributed by atoms with E-state index in [0.717, 1.165) is 41.8 Å². The molecule has 1 amide bonds. The predicted octanol–water partition coefficient (Wildman–Crippen LogP) is 2.85. The Labute approximate surface area is 134 Å². The van der Waals surface area contributed by atoms with E-state index in [0.29, 0.717) is 5.92 Å². The van der Waals surface area contributed by atoms with Crippen molar-refractivity contribution in [3.8, 4) is 5.75 Å². The van der Waals surface area contributed by atoms with E-state index in [-0.39, 0.29) is 12.5 Å². The van der Waals surface area contributed by atoms with Gasteiger partial charge < -0.3 is 15.4 Å². The van der Waals surface area contributed by atoms with Crippen molar-refractivity contribution in [2.75, 3.05) is 19.7 Å². The molecule has 0 bridgehead atoms. The van der Waals surface area contributed by atoms with Gasteiger partial charge in [-0.05, 0) is 55.5 Å². The van der Waals surface area contributed by atoms with E-state index in [1.807, 2.05) is 18.2 Å². The molecule has 1 aliphatic carbocycles. The molecule has 1 saturated carbocycles. The van der Waals surface area contributed by atoms with Crippen LogP contribution < -0.4 is 15.4 Å². The SMILES string of the molecule is CCCNCc1cc(OCC(=O)NCC2CC2)ccc1Br. The second-order valence-corrected chi connectivity index (χ2v) is 6.32. The van der Waals surface area contributed by atoms with Crippen molar-refractivity contribution < 1.29 is 9.53 Å². The van der Waals surface area contributed by atoms with Gasteiger partial charge in [0.25, 0.3) is 5.91 Å². The van der Waals surface area contributed by atoms with Crippen molar-refractivity contribution in [1.82, 2.24) is 10.6 Å². The van der Waals surface area contributed by atoms with Crippen LogP contribution in [-0.4, -0.2) is 25.6 Å². The second-order valence-electron chi connectivity index (χ2n) is 5.47. The van der Waals surface area contributed by atoms with Gasteiger partial charge in [-0.3, -0.25) is 4.79 Å². The number of benzene rings is 1. The molecule has 0 spiro atoms. The molecule has 0 radical (unpaired) electrons. The fourth-order valence-corrected chi connectivity index (χ4v) is 2.34. The molecule has 0 aliphatic heterocycles. The smallest absolute Gasteiger partial charge is 0.257 e. The molecule has 5 heteroatoms. The molecular weight excluding hydrogens is 332 g/mol. The van der Waals surface area contributed by atoms with Gasteiger partial charge in [0.2, 0.25) is 0 Å². The molecule has 0 aromatic heterocycles. The van der Waals surface area contributed by atoms with E-state index in [2.05, 4.69) is 33.5 Å². The van der Waals surface area contributed by atoms with E-state index in [1.165, 1.54) is 12.8 Å². The molecule has 21 heavy (non-hydrogen) atoms. The zero-order chi connectivity index (χ0) is 15.1. The molecule has 0 atom stereocenters. The fourth-order valence-electron chi connectivity index (χ4n) is 1.96. The van der Waals surface area contributed by atoms with Crippen LogP contribution in [0.3, 0.4) is 0 Å². The van der Waals surface area contributed by atoms with Crippen LogP contribution in [-0.2, 0) is 11.3 Å². The van der Waals surface area contributed by atoms with E-state index in [9.17, 15) is 4.79 Å². The number of carbonyl (C=O) groups excluding carboxylic acids is 1. The molecule has 1 fully saturated rings. The van der Waals surface area contributed by atoms with Gasteiger partial charge in [0, 0.05) is 17.6 Å². The standard InChI is InChI=1S/C16H23BrN2O2/c1-2-7-18-10-13-8-14(5-6-15(13)17)21-11-16(20)19-9-12-3-4-12/h5-6,8,12,18H,2-4,7,9-11H2,1H3,(H,19,20). The molecule has 0 saturated heterocycles. The molecule has 2 N–H and O–H groups in total. The van der Waals surface area contributed by atoms with Crippen LogP contribution in [0.25, 0.3) is 0 Å². The maximum atomic E-state index is 11.7. The minimum atomic E-state index is -0.0459. The first kappa shape index (κ1) is 16.3. The lowest BCUT2D eigenvalue weighted by Crippen LogP contribution is -2.30. The third kappa shape index (κ3) is 6.06. The molecule has 4 nitrogen and oxygen atoms in total. The Morgan fingerprint density at radius 1 is 1.43 bits per heavy atom. The Bertz CT molecular complexity index is 475. The van der Waals surface area contributed by atoms with Crippen LogP contribution in [0, 0.1) is 5.92 Å². The number of carbonyl (C=O) groups is 1. The number of halogens is 1. The largest absolute Gasteiger partial charge is 0.484 e. The van der Waals surface area contributed by atoms with E-state index < -0.39 is 0 Å². The van der Waals surface area contributed by atoms with Crippen LogP contribution in [0.15, 0.2) is 22.7 Å². The van der Waals surface area contributed by atoms with Gasteiger partial charge in [-0.2, -0.15) is 0 Å². The van der Waals surface area contributed by atoms with E-state index in [4.69, 9.17) is 4.74 Å². The summed E-state index contributed by atoms with van der Waals surface area (Å²) < 4.78 is 6.61. The van der Waals surface area contributed by atoms with Gasteiger partial charge in [0.05, 0.1) is 0 Å². The van der Waals surface area contributed by atoms with Gasteiger partial charge in [-0.25, -0.2) is 0 Å². The van der Waals surface area contributed by atoms with Crippen molar-refractivity contribution in [3.05, 3.63) is 28.2 Å². The van der Waals surface area contributed by atoms with Crippen molar-refractivity contribution in [3.63, 3.8) is 0 Å². The number of ether oxygens (including phenoxy) is 1. The van der Waals surface area contributed by atoms with E-state index >= 15 is 0 Å².